The van der Waals surface area contributed by atoms with E-state index in [-0.39, 0.29) is 10.8 Å². The van der Waals surface area contributed by atoms with E-state index in [9.17, 15) is 0 Å². The predicted molar refractivity (Wildman–Crippen MR) is 333 cm³/mol. The summed E-state index contributed by atoms with van der Waals surface area (Å²) in [4.78, 5) is 7.69. The quantitative estimate of drug-likeness (QED) is 0.126. The first kappa shape index (κ1) is 48.3. The largest absolute Gasteiger partial charge is 0.310 e. The van der Waals surface area contributed by atoms with E-state index in [1.807, 2.05) is 0 Å². The molecule has 0 fully saturated rings. The van der Waals surface area contributed by atoms with Gasteiger partial charge in [-0.3, -0.25) is 0 Å². The van der Waals surface area contributed by atoms with Crippen LogP contribution in [-0.4, -0.2) is 12.5 Å². The van der Waals surface area contributed by atoms with Gasteiger partial charge in [-0.15, -0.1) is 0 Å². The molecule has 1 heterocycles. The molecule has 3 heteroatoms. The molecule has 2 aliphatic carbocycles. The Bertz CT molecular complexity index is 3780. The van der Waals surface area contributed by atoms with E-state index in [1.54, 1.807) is 0 Å². The Hall–Kier alpha value is -8.37. The molecule has 0 unspecified atom stereocenters. The van der Waals surface area contributed by atoms with E-state index < -0.39 is 10.0 Å². The molecule has 376 valence electrons. The number of benzene rings is 10. The van der Waals surface area contributed by atoms with Gasteiger partial charge >= 0.3 is 0 Å². The normalized spacial score (nSPS) is 15.1. The number of anilines is 6. The van der Waals surface area contributed by atoms with Crippen LogP contribution in [0.15, 0.2) is 228 Å². The number of hydrogen-bond donors (Lipinski definition) is 0. The average molecular weight is 1010 g/mol. The van der Waals surface area contributed by atoms with Crippen molar-refractivity contribution in [2.24, 2.45) is 0 Å². The zero-order chi connectivity index (χ0) is 52.8. The van der Waals surface area contributed by atoms with Crippen LogP contribution in [0.3, 0.4) is 0 Å². The van der Waals surface area contributed by atoms with Gasteiger partial charge in [0.1, 0.15) is 0 Å². The first-order chi connectivity index (χ1) is 37.2. The first-order valence-electron chi connectivity index (χ1n) is 27.0. The van der Waals surface area contributed by atoms with E-state index in [2.05, 4.69) is 307 Å². The Morgan fingerprint density at radius 1 is 0.299 bits per heavy atom. The highest BCUT2D eigenvalue weighted by atomic mass is 32.3. The van der Waals surface area contributed by atoms with Crippen LogP contribution in [0.4, 0.5) is 34.1 Å². The number of hydrogen-bond acceptors (Lipinski definition) is 2. The van der Waals surface area contributed by atoms with Crippen molar-refractivity contribution in [2.75, 3.05) is 22.3 Å². The van der Waals surface area contributed by atoms with Gasteiger partial charge in [0.25, 0.3) is 0 Å². The summed E-state index contributed by atoms with van der Waals surface area (Å²) in [6.45, 7) is 13.9. The number of fused-ring (bicyclic) bond motifs is 9. The molecule has 0 amide bonds. The number of rotatable bonds is 10. The van der Waals surface area contributed by atoms with Crippen LogP contribution in [0.25, 0.3) is 57.7 Å². The molecule has 0 saturated heterocycles. The smallest absolute Gasteiger partial charge is 0.0465 e. The fourth-order valence-electron chi connectivity index (χ4n) is 12.7. The monoisotopic (exact) mass is 1010 g/mol. The summed E-state index contributed by atoms with van der Waals surface area (Å²) in [5.41, 5.74) is 27.5. The summed E-state index contributed by atoms with van der Waals surface area (Å²) in [6, 6.07) is 81.5. The van der Waals surface area contributed by atoms with Gasteiger partial charge < -0.3 is 9.80 Å². The summed E-state index contributed by atoms with van der Waals surface area (Å²) < 4.78 is 0. The van der Waals surface area contributed by atoms with Crippen molar-refractivity contribution in [3.63, 3.8) is 0 Å². The second-order valence-electron chi connectivity index (χ2n) is 22.8. The van der Waals surface area contributed by atoms with Crippen LogP contribution in [0.5, 0.6) is 0 Å². The lowest BCUT2D eigenvalue weighted by Crippen LogP contribution is -2.16. The number of para-hydroxylation sites is 2. The van der Waals surface area contributed by atoms with Gasteiger partial charge in [0.05, 0.1) is 0 Å². The minimum Gasteiger partial charge on any atom is -0.310 e. The van der Waals surface area contributed by atoms with Crippen LogP contribution >= 0.6 is 10.0 Å². The van der Waals surface area contributed by atoms with Crippen molar-refractivity contribution in [3.8, 4) is 33.4 Å². The average Bonchev–Trinajstić information content (AvgIpc) is 4.15. The van der Waals surface area contributed by atoms with E-state index in [1.165, 1.54) is 110 Å². The van der Waals surface area contributed by atoms with Crippen molar-refractivity contribution in [1.82, 2.24) is 0 Å². The molecule has 13 rings (SSSR count). The third-order valence-corrected chi connectivity index (χ3v) is 19.7. The zero-order valence-electron chi connectivity index (χ0n) is 45.4. The topological polar surface area (TPSA) is 6.48 Å². The molecule has 77 heavy (non-hydrogen) atoms. The van der Waals surface area contributed by atoms with Gasteiger partial charge in [0.15, 0.2) is 0 Å². The van der Waals surface area contributed by atoms with E-state index >= 15 is 0 Å². The molecule has 3 aliphatic rings. The van der Waals surface area contributed by atoms with Gasteiger partial charge in [-0.05, 0) is 212 Å². The Morgan fingerprint density at radius 3 is 1.01 bits per heavy atom. The van der Waals surface area contributed by atoms with Crippen LogP contribution < -0.4 is 9.80 Å². The van der Waals surface area contributed by atoms with Crippen molar-refractivity contribution < 1.29 is 0 Å². The zero-order valence-corrected chi connectivity index (χ0v) is 46.2. The third-order valence-electron chi connectivity index (χ3n) is 16.8. The van der Waals surface area contributed by atoms with E-state index in [0.717, 1.165) is 22.7 Å². The Balaban J connectivity index is 0.757. The fourth-order valence-corrected chi connectivity index (χ4v) is 15.2. The Kier molecular flexibility index (Phi) is 11.6. The lowest BCUT2D eigenvalue weighted by Gasteiger charge is -2.28. The minimum absolute atomic E-state index is 0.168. The maximum atomic E-state index is 2.45. The van der Waals surface area contributed by atoms with Crippen molar-refractivity contribution in [2.45, 2.75) is 62.2 Å². The highest BCUT2D eigenvalue weighted by Gasteiger charge is 2.38. The summed E-state index contributed by atoms with van der Waals surface area (Å²) in [5, 5.41) is 0. The number of aryl methyl sites for hydroxylation is 2. The van der Waals surface area contributed by atoms with Crippen molar-refractivity contribution >= 4 is 68.5 Å². The third kappa shape index (κ3) is 8.27. The fraction of sp³-hybridized carbons (Fsp3) is 0.135. The van der Waals surface area contributed by atoms with Crippen LogP contribution in [0, 0.1) is 13.8 Å². The summed E-state index contributed by atoms with van der Waals surface area (Å²) in [5.74, 6) is 0. The van der Waals surface area contributed by atoms with Gasteiger partial charge in [-0.25, -0.2) is 0 Å². The molecular weight excluding hydrogens is 949 g/mol. The van der Waals surface area contributed by atoms with Gasteiger partial charge in [0, 0.05) is 54.7 Å². The van der Waals surface area contributed by atoms with Crippen molar-refractivity contribution in [3.05, 3.63) is 274 Å². The lowest BCUT2D eigenvalue weighted by atomic mass is 9.81. The van der Waals surface area contributed by atoms with Gasteiger partial charge in [0.2, 0.25) is 0 Å². The van der Waals surface area contributed by atoms with E-state index in [0.29, 0.717) is 0 Å². The van der Waals surface area contributed by atoms with Gasteiger partial charge in [-0.2, -0.15) is 10.0 Å². The molecule has 10 aromatic carbocycles. The van der Waals surface area contributed by atoms with Crippen LogP contribution in [0.2, 0.25) is 0 Å². The Morgan fingerprint density at radius 2 is 0.623 bits per heavy atom. The summed E-state index contributed by atoms with van der Waals surface area (Å²) >= 11 is 0. The molecule has 2 nitrogen and oxygen atoms in total. The second-order valence-corrected chi connectivity index (χ2v) is 26.4. The number of nitrogens with zero attached hydrogens (tertiary/aromatic N) is 2. The highest BCUT2D eigenvalue weighted by Crippen LogP contribution is 2.67. The molecule has 1 aliphatic heterocycles. The summed E-state index contributed by atoms with van der Waals surface area (Å²) in [7, 11) is -1.16. The molecule has 0 saturated carbocycles. The van der Waals surface area contributed by atoms with Crippen molar-refractivity contribution in [1.29, 1.82) is 0 Å². The lowest BCUT2D eigenvalue weighted by molar-refractivity contribution is 0.660. The predicted octanol–water partition coefficient (Wildman–Crippen LogP) is 20.7. The maximum Gasteiger partial charge on any atom is 0.0465 e. The van der Waals surface area contributed by atoms with Crippen LogP contribution in [0.1, 0.15) is 83.3 Å². The second kappa shape index (κ2) is 18.4. The maximum absolute atomic E-state index is 2.45. The van der Waals surface area contributed by atoms with Crippen LogP contribution in [-0.2, 0) is 10.8 Å². The molecular formula is C74H64N2S. The standard InChI is InChI=1S/C74H64N2S/c1-49-17-15-23-57(41-49)75(55-19-11-9-12-20-55)59-33-37-63-61-35-29-53(45-67(61)73(3,4)69(63)47-59)27-25-51-31-39-71-65(43-51)66-44-52(32-40-72(66)77(71,7)8)26-28-54-30-36-62-64-38-34-60(48-70(64)74(5,6)68(62)46-54)76(56-21-13-10-14-22-56)58-24-16-18-50(2)42-58/h9-48H,1-8H3. The molecule has 0 bridgehead atoms. The molecule has 0 N–H and O–H groups in total. The molecule has 0 aromatic heterocycles. The highest BCUT2D eigenvalue weighted by molar-refractivity contribution is 8.33. The van der Waals surface area contributed by atoms with Gasteiger partial charge in [-0.1, -0.05) is 173 Å². The molecule has 0 radical (unpaired) electrons. The minimum atomic E-state index is -1.16. The molecule has 0 spiro atoms. The first-order valence-corrected chi connectivity index (χ1v) is 29.5. The molecule has 10 aromatic rings. The van der Waals surface area contributed by atoms with E-state index in [4.69, 9.17) is 0 Å². The SMILES string of the molecule is Cc1cccc(N(c2ccccc2)c2ccc3c(c2)C(C)(C)c2cc(C=Cc4ccc5c(c4)-c4cc(C=Cc6ccc7c(c6)C(C)(C)c6cc(N(c8ccccc8)c8cccc(C)c8)ccc6-7)ccc4S5(C)C)ccc2-3)c1. The molecule has 0 atom stereocenters. The Labute approximate surface area is 457 Å². The summed E-state index contributed by atoms with van der Waals surface area (Å²) in [6.07, 6.45) is 14.1.